The molecule has 0 bridgehead atoms. The highest BCUT2D eigenvalue weighted by Gasteiger charge is 2.62. The molecule has 6 aromatic carbocycles. The summed E-state index contributed by atoms with van der Waals surface area (Å²) in [6.07, 6.45) is 4.71. The first-order valence-electron chi connectivity index (χ1n) is 17.5. The molecule has 0 heterocycles. The molecule has 4 nitrogen and oxygen atoms in total. The fourth-order valence-electron chi connectivity index (χ4n) is 7.85. The van der Waals surface area contributed by atoms with Crippen LogP contribution >= 0.6 is 7.26 Å². The van der Waals surface area contributed by atoms with Gasteiger partial charge in [-0.15, -0.1) is 0 Å². The van der Waals surface area contributed by atoms with Gasteiger partial charge < -0.3 is 9.84 Å². The van der Waals surface area contributed by atoms with E-state index in [0.717, 1.165) is 32.6 Å². The number of carbonyl (C=O) groups is 2. The summed E-state index contributed by atoms with van der Waals surface area (Å²) in [5.41, 5.74) is -1.42. The third-order valence-electron chi connectivity index (χ3n) is 10.0. The first-order valence-corrected chi connectivity index (χ1v) is 19.4. The van der Waals surface area contributed by atoms with E-state index < -0.39 is 35.7 Å². The van der Waals surface area contributed by atoms with E-state index in [-0.39, 0.29) is 6.61 Å². The summed E-state index contributed by atoms with van der Waals surface area (Å²) in [5, 5.41) is 18.4. The van der Waals surface area contributed by atoms with Crippen LogP contribution in [0.5, 0.6) is 0 Å². The van der Waals surface area contributed by atoms with Crippen molar-refractivity contribution in [1.82, 2.24) is 0 Å². The Kier molecular flexibility index (Phi) is 9.96. The Hall–Kier alpha value is -5.67. The maximum Gasteiger partial charge on any atom is 0.348 e. The number of rotatable bonds is 11. The number of esters is 1. The van der Waals surface area contributed by atoms with E-state index in [9.17, 15) is 4.79 Å². The molecule has 2 unspecified atom stereocenters. The summed E-state index contributed by atoms with van der Waals surface area (Å²) in [6.45, 7) is 1.78. The van der Waals surface area contributed by atoms with Crippen molar-refractivity contribution in [3.63, 3.8) is 0 Å². The number of hydrogen-bond acceptors (Lipinski definition) is 4. The molecule has 0 aliphatic heterocycles. The largest absolute Gasteiger partial charge is 0.837 e. The minimum atomic E-state index is -3.24. The summed E-state index contributed by atoms with van der Waals surface area (Å²) in [7, 11) is -3.24. The van der Waals surface area contributed by atoms with Gasteiger partial charge in [-0.1, -0.05) is 158 Å². The van der Waals surface area contributed by atoms with Gasteiger partial charge in [0.15, 0.2) is 11.4 Å². The molecule has 5 heteroatoms. The molecular weight excluding hydrogens is 659 g/mol. The topological polar surface area (TPSA) is 66.4 Å². The van der Waals surface area contributed by atoms with Gasteiger partial charge in [-0.05, 0) is 71.7 Å². The van der Waals surface area contributed by atoms with Crippen molar-refractivity contribution in [2.75, 3.05) is 6.61 Å². The smallest absolute Gasteiger partial charge is 0.348 e. The highest BCUT2D eigenvalue weighted by atomic mass is 31.2. The fraction of sp³-hybridized carbons (Fsp3) is 0.106. The summed E-state index contributed by atoms with van der Waals surface area (Å²) in [5.74, 6) is -1.39. The van der Waals surface area contributed by atoms with Crippen LogP contribution in [-0.2, 0) is 19.7 Å². The Bertz CT molecular complexity index is 1990. The quantitative estimate of drug-likeness (QED) is 0.0823. The molecule has 6 aromatic rings. The monoisotopic (exact) mass is 698 g/mol. The third kappa shape index (κ3) is 5.84. The van der Waals surface area contributed by atoms with E-state index in [1.165, 1.54) is 12.2 Å². The van der Waals surface area contributed by atoms with E-state index in [1.807, 2.05) is 146 Å². The number of allylic oxidation sites excluding steroid dienone is 2. The van der Waals surface area contributed by atoms with E-state index in [1.54, 1.807) is 13.0 Å². The molecule has 0 fully saturated rings. The van der Waals surface area contributed by atoms with Gasteiger partial charge in [0.1, 0.15) is 23.2 Å². The van der Waals surface area contributed by atoms with Crippen LogP contribution in [0.4, 0.5) is 0 Å². The van der Waals surface area contributed by atoms with E-state index >= 15 is 9.90 Å². The second-order valence-corrected chi connectivity index (χ2v) is 16.3. The molecule has 0 radical (unpaired) electrons. The molecule has 2 atom stereocenters. The minimum absolute atomic E-state index is 0.0574. The summed E-state index contributed by atoms with van der Waals surface area (Å²) in [4.78, 5) is 29.8. The lowest BCUT2D eigenvalue weighted by Crippen LogP contribution is -2.65. The lowest BCUT2D eigenvalue weighted by Gasteiger charge is -2.48. The summed E-state index contributed by atoms with van der Waals surface area (Å²) < 4.78 is 5.83. The van der Waals surface area contributed by atoms with Crippen molar-refractivity contribution in [3.8, 4) is 0 Å². The zero-order valence-electron chi connectivity index (χ0n) is 28.9. The van der Waals surface area contributed by atoms with Crippen LogP contribution in [0.25, 0.3) is 0 Å². The summed E-state index contributed by atoms with van der Waals surface area (Å²) >= 11 is 0. The Balaban J connectivity index is 1.51. The van der Waals surface area contributed by atoms with Crippen molar-refractivity contribution in [3.05, 3.63) is 222 Å². The average molecular weight is 699 g/mol. The van der Waals surface area contributed by atoms with E-state index in [4.69, 9.17) is 4.74 Å². The van der Waals surface area contributed by atoms with Crippen molar-refractivity contribution in [2.24, 2.45) is 0 Å². The number of ether oxygens (including phenoxy) is 1. The third-order valence-corrected chi connectivity index (χ3v) is 14.7. The minimum Gasteiger partial charge on any atom is -0.837 e. The standard InChI is InChI=1S/C47H39O4P/c1-2-51-45(49)44(52(40-27-15-6-16-28-40,41-29-17-7-18-30-41)42-31-19-8-20-32-42)46(50)34-33-39(35-43(46)48)47(36-21-9-3-10-22-36,37-23-11-4-12-24-37)38-25-13-5-14-26-38/h3-35,44H,2H2,1H3. The van der Waals surface area contributed by atoms with Crippen LogP contribution in [0.3, 0.4) is 0 Å². The normalized spacial score (nSPS) is 16.5. The zero-order chi connectivity index (χ0) is 36.0. The van der Waals surface area contributed by atoms with Crippen LogP contribution in [0.1, 0.15) is 23.6 Å². The van der Waals surface area contributed by atoms with Crippen molar-refractivity contribution >= 4 is 34.9 Å². The fourth-order valence-corrected chi connectivity index (χ4v) is 12.7. The maximum absolute atomic E-state index is 16.0. The average Bonchev–Trinajstić information content (AvgIpc) is 3.21. The molecular formula is C47H39O4P. The van der Waals surface area contributed by atoms with Crippen LogP contribution in [0.15, 0.2) is 206 Å². The molecule has 52 heavy (non-hydrogen) atoms. The van der Waals surface area contributed by atoms with Crippen molar-refractivity contribution < 1.29 is 19.4 Å². The second kappa shape index (κ2) is 14.9. The SMILES string of the molecule is CCOC(=O)C(C1([O-])C=CC(C(c2ccccc2)(c2ccccc2)c2ccccc2)=CC1=O)[P+](c1ccccc1)(c1ccccc1)c1ccccc1. The Morgan fingerprint density at radius 2 is 0.962 bits per heavy atom. The number of hydrogen-bond donors (Lipinski definition) is 0. The zero-order valence-corrected chi connectivity index (χ0v) is 29.8. The number of benzene rings is 6. The first kappa shape index (κ1) is 34.8. The highest BCUT2D eigenvalue weighted by Crippen LogP contribution is 2.63. The number of ketones is 1. The first-order chi connectivity index (χ1) is 25.5. The van der Waals surface area contributed by atoms with Gasteiger partial charge in [0, 0.05) is 5.60 Å². The Morgan fingerprint density at radius 1 is 0.615 bits per heavy atom. The highest BCUT2D eigenvalue weighted by molar-refractivity contribution is 7.97. The molecule has 1 aliphatic carbocycles. The van der Waals surface area contributed by atoms with Crippen LogP contribution < -0.4 is 21.0 Å². The maximum atomic E-state index is 16.0. The van der Waals surface area contributed by atoms with Gasteiger partial charge in [0.2, 0.25) is 0 Å². The molecule has 0 aromatic heterocycles. The molecule has 1 aliphatic rings. The van der Waals surface area contributed by atoms with Gasteiger partial charge >= 0.3 is 5.97 Å². The molecule has 0 saturated carbocycles. The van der Waals surface area contributed by atoms with Gasteiger partial charge in [0.25, 0.3) is 0 Å². The van der Waals surface area contributed by atoms with Crippen molar-refractivity contribution in [2.45, 2.75) is 23.6 Å². The van der Waals surface area contributed by atoms with Gasteiger partial charge in [-0.2, -0.15) is 0 Å². The number of carbonyl (C=O) groups excluding carboxylic acids is 2. The molecule has 0 N–H and O–H groups in total. The molecule has 0 amide bonds. The predicted molar refractivity (Wildman–Crippen MR) is 210 cm³/mol. The lowest BCUT2D eigenvalue weighted by molar-refractivity contribution is -0.436. The molecule has 0 saturated heterocycles. The van der Waals surface area contributed by atoms with Gasteiger partial charge in [-0.25, -0.2) is 4.79 Å². The Labute approximate surface area is 306 Å². The van der Waals surface area contributed by atoms with Gasteiger partial charge in [0.05, 0.1) is 12.0 Å². The second-order valence-electron chi connectivity index (χ2n) is 12.8. The van der Waals surface area contributed by atoms with Gasteiger partial charge in [-0.3, -0.25) is 4.79 Å². The van der Waals surface area contributed by atoms with Crippen LogP contribution in [-0.4, -0.2) is 29.6 Å². The molecule has 256 valence electrons. The van der Waals surface area contributed by atoms with Crippen LogP contribution in [0, 0.1) is 0 Å². The predicted octanol–water partition coefficient (Wildman–Crippen LogP) is 7.11. The molecule has 7 rings (SSSR count). The lowest BCUT2D eigenvalue weighted by atomic mass is 9.63. The van der Waals surface area contributed by atoms with E-state index in [2.05, 4.69) is 36.4 Å². The van der Waals surface area contributed by atoms with Crippen LogP contribution in [0.2, 0.25) is 0 Å². The Morgan fingerprint density at radius 3 is 1.29 bits per heavy atom. The van der Waals surface area contributed by atoms with E-state index in [0.29, 0.717) is 5.57 Å². The summed E-state index contributed by atoms with van der Waals surface area (Å²) in [6, 6.07) is 59.1. The molecule has 0 spiro atoms. The van der Waals surface area contributed by atoms with Crippen molar-refractivity contribution in [1.29, 1.82) is 0 Å².